The van der Waals surface area contributed by atoms with E-state index < -0.39 is 18.5 Å². The fraction of sp³-hybridized carbons (Fsp3) is 0.200. The summed E-state index contributed by atoms with van der Waals surface area (Å²) in [6.07, 6.45) is 0.356. The third kappa shape index (κ3) is 5.70. The highest BCUT2D eigenvalue weighted by atomic mass is 79.9. The largest absolute Gasteiger partial charge is 0.496 e. The maximum atomic E-state index is 15.9. The highest BCUT2D eigenvalue weighted by Crippen LogP contribution is 2.40. The number of halogens is 2. The number of rotatable bonds is 7. The predicted molar refractivity (Wildman–Crippen MR) is 129 cm³/mol. The van der Waals surface area contributed by atoms with Gasteiger partial charge in [-0.15, -0.1) is 0 Å². The Labute approximate surface area is 199 Å². The first-order chi connectivity index (χ1) is 15.7. The maximum absolute atomic E-state index is 15.9. The molecule has 0 radical (unpaired) electrons. The smallest absolute Gasteiger partial charge is 0.323 e. The monoisotopic (exact) mass is 514 g/mol. The zero-order chi connectivity index (χ0) is 24.1. The molecule has 33 heavy (non-hydrogen) atoms. The van der Waals surface area contributed by atoms with Crippen LogP contribution in [0.4, 0.5) is 14.9 Å². The van der Waals surface area contributed by atoms with Gasteiger partial charge in [0.2, 0.25) is 0 Å². The maximum Gasteiger partial charge on any atom is 0.323 e. The number of ether oxygens (including phenoxy) is 1. The van der Waals surface area contributed by atoms with E-state index in [1.165, 1.54) is 0 Å². The molecule has 3 aromatic rings. The van der Waals surface area contributed by atoms with Gasteiger partial charge in [-0.1, -0.05) is 40.2 Å². The van der Waals surface area contributed by atoms with Crippen molar-refractivity contribution in [2.75, 3.05) is 19.0 Å². The number of carbonyl (C=O) groups is 2. The predicted octanol–water partition coefficient (Wildman–Crippen LogP) is 5.68. The van der Waals surface area contributed by atoms with Crippen LogP contribution in [0, 0.1) is 19.7 Å². The molecule has 172 valence electrons. The van der Waals surface area contributed by atoms with Crippen molar-refractivity contribution in [1.82, 2.24) is 5.32 Å². The van der Waals surface area contributed by atoms with Gasteiger partial charge in [-0.25, -0.2) is 9.18 Å². The molecule has 0 unspecified atom stereocenters. The van der Waals surface area contributed by atoms with E-state index in [0.29, 0.717) is 29.0 Å². The Morgan fingerprint density at radius 2 is 1.79 bits per heavy atom. The van der Waals surface area contributed by atoms with Crippen molar-refractivity contribution in [3.05, 3.63) is 81.1 Å². The summed E-state index contributed by atoms with van der Waals surface area (Å²) in [6, 6.07) is 13.8. The van der Waals surface area contributed by atoms with E-state index in [-0.39, 0.29) is 5.82 Å². The minimum absolute atomic E-state index is 0.330. The second kappa shape index (κ2) is 10.5. The zero-order valence-corrected chi connectivity index (χ0v) is 20.0. The molecule has 0 heterocycles. The molecule has 2 amide bonds. The van der Waals surface area contributed by atoms with Gasteiger partial charge in [0.15, 0.2) is 0 Å². The summed E-state index contributed by atoms with van der Waals surface area (Å²) in [6.45, 7) is 3.32. The lowest BCUT2D eigenvalue weighted by atomic mass is 9.90. The third-order valence-electron chi connectivity index (χ3n) is 5.38. The molecule has 3 N–H and O–H groups in total. The fourth-order valence-corrected chi connectivity index (χ4v) is 4.01. The summed E-state index contributed by atoms with van der Waals surface area (Å²) in [5.74, 6) is -0.947. The molecule has 0 bridgehead atoms. The second-order valence-corrected chi connectivity index (χ2v) is 8.45. The third-order valence-corrected chi connectivity index (χ3v) is 5.87. The van der Waals surface area contributed by atoms with Gasteiger partial charge < -0.3 is 20.5 Å². The van der Waals surface area contributed by atoms with E-state index >= 15 is 4.39 Å². The number of urea groups is 1. The molecular weight excluding hydrogens is 491 g/mol. The van der Waals surface area contributed by atoms with E-state index in [9.17, 15) is 9.59 Å². The van der Waals surface area contributed by atoms with Crippen LogP contribution in [0.3, 0.4) is 0 Å². The van der Waals surface area contributed by atoms with E-state index in [1.54, 1.807) is 31.4 Å². The molecule has 0 fully saturated rings. The van der Waals surface area contributed by atoms with Gasteiger partial charge in [-0.3, -0.25) is 4.79 Å². The standard InChI is InChI=1S/C25H24BrFN2O4/c1-14-15(2)24(33-3)22(17-5-4-6-18(26)12-17)23(27)20(14)11-16-7-9-19(10-8-16)29-25(32)28-13-21(30)31/h4-10,12H,11,13H2,1-3H3,(H,30,31)(H2,28,29,32). The Balaban J connectivity index is 1.91. The molecule has 0 aliphatic rings. The Hall–Kier alpha value is -3.39. The van der Waals surface area contributed by atoms with Gasteiger partial charge in [0.1, 0.15) is 18.1 Å². The van der Waals surface area contributed by atoms with Crippen molar-refractivity contribution < 1.29 is 23.8 Å². The summed E-state index contributed by atoms with van der Waals surface area (Å²) in [5, 5.41) is 13.4. The molecule has 0 aliphatic carbocycles. The molecule has 0 atom stereocenters. The lowest BCUT2D eigenvalue weighted by molar-refractivity contribution is -0.135. The molecule has 0 saturated carbocycles. The first-order valence-corrected chi connectivity index (χ1v) is 11.0. The average Bonchev–Trinajstić information content (AvgIpc) is 2.78. The number of nitrogens with one attached hydrogen (secondary N) is 2. The molecule has 6 nitrogen and oxygen atoms in total. The molecule has 0 saturated heterocycles. The van der Waals surface area contributed by atoms with Crippen LogP contribution >= 0.6 is 15.9 Å². The van der Waals surface area contributed by atoms with Gasteiger partial charge in [0, 0.05) is 16.6 Å². The number of carboxylic acid groups (broad SMARTS) is 1. The van der Waals surface area contributed by atoms with Crippen LogP contribution in [0.25, 0.3) is 11.1 Å². The van der Waals surface area contributed by atoms with Gasteiger partial charge >= 0.3 is 12.0 Å². The molecule has 3 aromatic carbocycles. The highest BCUT2D eigenvalue weighted by molar-refractivity contribution is 9.10. The van der Waals surface area contributed by atoms with Crippen LogP contribution in [-0.2, 0) is 11.2 Å². The number of amides is 2. The Morgan fingerprint density at radius 1 is 1.09 bits per heavy atom. The van der Waals surface area contributed by atoms with Crippen LogP contribution in [0.15, 0.2) is 53.0 Å². The van der Waals surface area contributed by atoms with Crippen molar-refractivity contribution in [2.24, 2.45) is 0 Å². The number of hydrogen-bond donors (Lipinski definition) is 3. The summed E-state index contributed by atoms with van der Waals surface area (Å²) < 4.78 is 22.3. The molecule has 0 aromatic heterocycles. The quantitative estimate of drug-likeness (QED) is 0.378. The second-order valence-electron chi connectivity index (χ2n) is 7.54. The van der Waals surface area contributed by atoms with E-state index in [0.717, 1.165) is 26.7 Å². The highest BCUT2D eigenvalue weighted by Gasteiger charge is 2.22. The number of carbonyl (C=O) groups excluding carboxylic acids is 1. The van der Waals surface area contributed by atoms with Crippen LogP contribution < -0.4 is 15.4 Å². The molecule has 3 rings (SSSR count). The van der Waals surface area contributed by atoms with E-state index in [2.05, 4.69) is 26.6 Å². The topological polar surface area (TPSA) is 87.7 Å². The number of methoxy groups -OCH3 is 1. The van der Waals surface area contributed by atoms with Crippen molar-refractivity contribution in [2.45, 2.75) is 20.3 Å². The molecule has 0 aliphatic heterocycles. The number of anilines is 1. The van der Waals surface area contributed by atoms with E-state index in [4.69, 9.17) is 9.84 Å². The van der Waals surface area contributed by atoms with Crippen molar-refractivity contribution in [3.8, 4) is 16.9 Å². The van der Waals surface area contributed by atoms with Crippen LogP contribution in [0.1, 0.15) is 22.3 Å². The first kappa shape index (κ1) is 24.3. The number of benzene rings is 3. The van der Waals surface area contributed by atoms with Crippen LogP contribution in [-0.4, -0.2) is 30.8 Å². The van der Waals surface area contributed by atoms with Crippen molar-refractivity contribution >= 4 is 33.6 Å². The Bertz CT molecular complexity index is 1200. The van der Waals surface area contributed by atoms with Crippen LogP contribution in [0.5, 0.6) is 5.75 Å². The van der Waals surface area contributed by atoms with Crippen molar-refractivity contribution in [3.63, 3.8) is 0 Å². The number of aliphatic carboxylic acids is 1. The summed E-state index contributed by atoms with van der Waals surface area (Å²) in [4.78, 5) is 22.3. The van der Waals surface area contributed by atoms with Gasteiger partial charge in [-0.2, -0.15) is 0 Å². The number of carboxylic acids is 1. The minimum Gasteiger partial charge on any atom is -0.496 e. The average molecular weight is 515 g/mol. The summed E-state index contributed by atoms with van der Waals surface area (Å²) >= 11 is 3.45. The van der Waals surface area contributed by atoms with Gasteiger partial charge in [-0.05, 0) is 65.9 Å². The zero-order valence-electron chi connectivity index (χ0n) is 18.5. The van der Waals surface area contributed by atoms with Crippen LogP contribution in [0.2, 0.25) is 0 Å². The van der Waals surface area contributed by atoms with Crippen molar-refractivity contribution in [1.29, 1.82) is 0 Å². The Morgan fingerprint density at radius 3 is 2.39 bits per heavy atom. The Kier molecular flexibility index (Phi) is 7.71. The fourth-order valence-electron chi connectivity index (χ4n) is 3.61. The summed E-state index contributed by atoms with van der Waals surface area (Å²) in [7, 11) is 1.54. The normalized spacial score (nSPS) is 10.6. The first-order valence-electron chi connectivity index (χ1n) is 10.2. The van der Waals surface area contributed by atoms with Gasteiger partial charge in [0.25, 0.3) is 0 Å². The van der Waals surface area contributed by atoms with E-state index in [1.807, 2.05) is 38.1 Å². The molecule has 8 heteroatoms. The lowest BCUT2D eigenvalue weighted by Crippen LogP contribution is -2.33. The minimum atomic E-state index is -1.13. The number of hydrogen-bond acceptors (Lipinski definition) is 3. The molecular formula is C25H24BrFN2O4. The summed E-state index contributed by atoms with van der Waals surface area (Å²) in [5.41, 5.74) is 4.76. The SMILES string of the molecule is COc1c(C)c(C)c(Cc2ccc(NC(=O)NCC(=O)O)cc2)c(F)c1-c1cccc(Br)c1. The molecule has 0 spiro atoms. The lowest BCUT2D eigenvalue weighted by Gasteiger charge is -2.20. The van der Waals surface area contributed by atoms with Gasteiger partial charge in [0.05, 0.1) is 12.7 Å².